The Hall–Kier alpha value is -1.37. The predicted octanol–water partition coefficient (Wildman–Crippen LogP) is 3.61. The van der Waals surface area contributed by atoms with Crippen LogP contribution in [-0.2, 0) is 29.3 Å². The fourth-order valence-electron chi connectivity index (χ4n) is 3.60. The first-order chi connectivity index (χ1) is 12.0. The Labute approximate surface area is 156 Å². The molecule has 0 radical (unpaired) electrons. The van der Waals surface area contributed by atoms with Crippen LogP contribution in [0.2, 0.25) is 0 Å². The van der Waals surface area contributed by atoms with Crippen LogP contribution in [0.5, 0.6) is 5.75 Å². The number of aryl methyl sites for hydroxylation is 2. The van der Waals surface area contributed by atoms with E-state index in [1.54, 1.807) is 6.07 Å². The van der Waals surface area contributed by atoms with Gasteiger partial charge in [-0.2, -0.15) is 0 Å². The van der Waals surface area contributed by atoms with Crippen molar-refractivity contribution < 1.29 is 13.2 Å². The van der Waals surface area contributed by atoms with Crippen molar-refractivity contribution in [2.75, 3.05) is 6.61 Å². The summed E-state index contributed by atoms with van der Waals surface area (Å²) < 4.78 is 35.1. The summed E-state index contributed by atoms with van der Waals surface area (Å²) in [5.41, 5.74) is 3.46. The van der Waals surface area contributed by atoms with Gasteiger partial charge in [0.05, 0.1) is 10.9 Å². The van der Waals surface area contributed by atoms with E-state index in [9.17, 15) is 8.42 Å². The molecule has 1 atom stereocenters. The van der Waals surface area contributed by atoms with Crippen LogP contribution in [0.15, 0.2) is 45.8 Å². The second-order valence-electron chi connectivity index (χ2n) is 6.72. The largest absolute Gasteiger partial charge is 0.492 e. The average Bonchev–Trinajstić information content (AvgIpc) is 2.60. The van der Waals surface area contributed by atoms with E-state index in [1.807, 2.05) is 30.3 Å². The molecule has 1 N–H and O–H groups in total. The Morgan fingerprint density at radius 1 is 1.00 bits per heavy atom. The molecule has 6 heteroatoms. The van der Waals surface area contributed by atoms with E-state index in [0.717, 1.165) is 35.0 Å². The topological polar surface area (TPSA) is 55.4 Å². The van der Waals surface area contributed by atoms with Crippen molar-refractivity contribution in [3.05, 3.63) is 57.6 Å². The van der Waals surface area contributed by atoms with Gasteiger partial charge < -0.3 is 4.74 Å². The minimum atomic E-state index is -3.55. The maximum absolute atomic E-state index is 12.8. The molecule has 0 spiro atoms. The van der Waals surface area contributed by atoms with Gasteiger partial charge in [0, 0.05) is 4.47 Å². The molecule has 1 heterocycles. The lowest BCUT2D eigenvalue weighted by Crippen LogP contribution is -2.42. The number of nitrogens with one attached hydrogen (secondary N) is 1. The zero-order valence-electron chi connectivity index (χ0n) is 13.8. The average molecular weight is 422 g/mol. The molecule has 25 heavy (non-hydrogen) atoms. The highest BCUT2D eigenvalue weighted by molar-refractivity contribution is 9.10. The van der Waals surface area contributed by atoms with Crippen LogP contribution in [0.4, 0.5) is 0 Å². The van der Waals surface area contributed by atoms with Gasteiger partial charge in [0.1, 0.15) is 12.4 Å². The summed E-state index contributed by atoms with van der Waals surface area (Å²) >= 11 is 3.45. The molecule has 2 aliphatic rings. The third kappa shape index (κ3) is 3.61. The Balaban J connectivity index is 1.54. The van der Waals surface area contributed by atoms with Crippen LogP contribution < -0.4 is 9.46 Å². The normalized spacial score (nSPS) is 19.6. The quantitative estimate of drug-likeness (QED) is 0.823. The number of sulfonamides is 1. The van der Waals surface area contributed by atoms with Crippen molar-refractivity contribution in [1.82, 2.24) is 4.72 Å². The maximum Gasteiger partial charge on any atom is 0.240 e. The van der Waals surface area contributed by atoms with Gasteiger partial charge in [0.15, 0.2) is 0 Å². The summed E-state index contributed by atoms with van der Waals surface area (Å²) in [5, 5.41) is 0. The lowest BCUT2D eigenvalue weighted by atomic mass is 9.92. The van der Waals surface area contributed by atoms with E-state index < -0.39 is 10.0 Å². The highest BCUT2D eigenvalue weighted by Gasteiger charge is 2.26. The SMILES string of the molecule is O=S(=O)(N[C@H]1COc2ccc(Br)cc2C1)c1ccc2c(c1)CCCC2. The van der Waals surface area contributed by atoms with Gasteiger partial charge in [-0.05, 0) is 79.1 Å². The summed E-state index contributed by atoms with van der Waals surface area (Å²) in [4.78, 5) is 0.355. The number of fused-ring (bicyclic) bond motifs is 2. The number of rotatable bonds is 3. The molecular formula is C19H20BrNO3S. The van der Waals surface area contributed by atoms with Gasteiger partial charge in [-0.3, -0.25) is 0 Å². The van der Waals surface area contributed by atoms with E-state index in [2.05, 4.69) is 20.7 Å². The molecule has 4 nitrogen and oxygen atoms in total. The number of hydrogen-bond donors (Lipinski definition) is 1. The zero-order chi connectivity index (χ0) is 17.4. The van der Waals surface area contributed by atoms with Crippen LogP contribution in [-0.4, -0.2) is 21.1 Å². The first-order valence-corrected chi connectivity index (χ1v) is 10.8. The number of ether oxygens (including phenoxy) is 1. The minimum absolute atomic E-state index is 0.261. The van der Waals surface area contributed by atoms with E-state index >= 15 is 0 Å². The summed E-state index contributed by atoms with van der Waals surface area (Å²) in [6, 6.07) is 11.1. The molecule has 0 fully saturated rings. The Bertz CT molecular complexity index is 911. The van der Waals surface area contributed by atoms with Crippen molar-refractivity contribution in [1.29, 1.82) is 0 Å². The van der Waals surface area contributed by atoms with Gasteiger partial charge in [0.2, 0.25) is 10.0 Å². The molecule has 0 saturated carbocycles. The molecule has 132 valence electrons. The van der Waals surface area contributed by atoms with Crippen LogP contribution in [0.3, 0.4) is 0 Å². The molecule has 1 aliphatic carbocycles. The highest BCUT2D eigenvalue weighted by Crippen LogP contribution is 2.29. The van der Waals surface area contributed by atoms with Crippen molar-refractivity contribution >= 4 is 26.0 Å². The summed E-state index contributed by atoms with van der Waals surface area (Å²) in [7, 11) is -3.55. The number of benzene rings is 2. The fourth-order valence-corrected chi connectivity index (χ4v) is 5.28. The van der Waals surface area contributed by atoms with Gasteiger partial charge >= 0.3 is 0 Å². The predicted molar refractivity (Wildman–Crippen MR) is 101 cm³/mol. The lowest BCUT2D eigenvalue weighted by molar-refractivity contribution is 0.254. The van der Waals surface area contributed by atoms with Crippen LogP contribution in [0, 0.1) is 0 Å². The van der Waals surface area contributed by atoms with Crippen molar-refractivity contribution in [2.45, 2.75) is 43.0 Å². The summed E-state index contributed by atoms with van der Waals surface area (Å²) in [6.45, 7) is 0.346. The maximum atomic E-state index is 12.8. The van der Waals surface area contributed by atoms with Crippen molar-refractivity contribution in [3.8, 4) is 5.75 Å². The minimum Gasteiger partial charge on any atom is -0.492 e. The molecule has 0 bridgehead atoms. The van der Waals surface area contributed by atoms with Gasteiger partial charge in [0.25, 0.3) is 0 Å². The molecule has 2 aromatic carbocycles. The van der Waals surface area contributed by atoms with Crippen molar-refractivity contribution in [3.63, 3.8) is 0 Å². The molecule has 0 saturated heterocycles. The van der Waals surface area contributed by atoms with E-state index in [4.69, 9.17) is 4.74 Å². The second kappa shape index (κ2) is 6.74. The van der Waals surface area contributed by atoms with Crippen LogP contribution in [0.25, 0.3) is 0 Å². The molecular weight excluding hydrogens is 402 g/mol. The van der Waals surface area contributed by atoms with Gasteiger partial charge in [-0.15, -0.1) is 0 Å². The van der Waals surface area contributed by atoms with Crippen LogP contribution >= 0.6 is 15.9 Å². The Morgan fingerprint density at radius 3 is 2.64 bits per heavy atom. The first-order valence-electron chi connectivity index (χ1n) is 8.57. The fraction of sp³-hybridized carbons (Fsp3) is 0.368. The molecule has 0 unspecified atom stereocenters. The third-order valence-electron chi connectivity index (χ3n) is 4.88. The number of hydrogen-bond acceptors (Lipinski definition) is 3. The zero-order valence-corrected chi connectivity index (χ0v) is 16.2. The monoisotopic (exact) mass is 421 g/mol. The van der Waals surface area contributed by atoms with E-state index in [-0.39, 0.29) is 6.04 Å². The molecule has 1 aliphatic heterocycles. The molecule has 0 amide bonds. The lowest BCUT2D eigenvalue weighted by Gasteiger charge is -2.26. The standard InChI is InChI=1S/C19H20BrNO3S/c20-16-6-8-19-15(9-16)10-17(12-24-19)21-25(22,23)18-7-5-13-3-1-2-4-14(13)11-18/h5-9,11,17,21H,1-4,10,12H2/t17-/m1/s1. The van der Waals surface area contributed by atoms with Gasteiger partial charge in [-0.1, -0.05) is 22.0 Å². The summed E-state index contributed by atoms with van der Waals surface area (Å²) in [6.07, 6.45) is 4.95. The van der Waals surface area contributed by atoms with Gasteiger partial charge in [-0.25, -0.2) is 13.1 Å². The smallest absolute Gasteiger partial charge is 0.240 e. The van der Waals surface area contributed by atoms with E-state index in [1.165, 1.54) is 17.5 Å². The Morgan fingerprint density at radius 2 is 1.80 bits per heavy atom. The molecule has 4 rings (SSSR count). The number of halogens is 1. The van der Waals surface area contributed by atoms with Crippen LogP contribution in [0.1, 0.15) is 29.5 Å². The van der Waals surface area contributed by atoms with E-state index in [0.29, 0.717) is 17.9 Å². The first kappa shape index (κ1) is 17.1. The summed E-state index contributed by atoms with van der Waals surface area (Å²) in [5.74, 6) is 0.826. The second-order valence-corrected chi connectivity index (χ2v) is 9.35. The third-order valence-corrected chi connectivity index (χ3v) is 6.89. The highest BCUT2D eigenvalue weighted by atomic mass is 79.9. The molecule has 0 aromatic heterocycles. The molecule has 2 aromatic rings. The Kier molecular flexibility index (Phi) is 4.60. The van der Waals surface area contributed by atoms with Crippen molar-refractivity contribution in [2.24, 2.45) is 0 Å².